The van der Waals surface area contributed by atoms with Crippen molar-refractivity contribution in [1.82, 2.24) is 0 Å². The second-order valence-electron chi connectivity index (χ2n) is 3.05. The fourth-order valence-electron chi connectivity index (χ4n) is 0.744. The van der Waals surface area contributed by atoms with Gasteiger partial charge in [0, 0.05) is 0 Å². The fraction of sp³-hybridized carbons (Fsp3) is 1.00. The summed E-state index contributed by atoms with van der Waals surface area (Å²) in [6.45, 7) is 7.03. The molecule has 0 unspecified atom stereocenters. The number of hydrogen-bond donors (Lipinski definition) is 0. The van der Waals surface area contributed by atoms with Gasteiger partial charge in [-0.1, -0.05) is 33.6 Å². The summed E-state index contributed by atoms with van der Waals surface area (Å²) in [5.74, 6) is 0. The Labute approximate surface area is 67.5 Å². The highest BCUT2D eigenvalue weighted by molar-refractivity contribution is 14.1. The van der Waals surface area contributed by atoms with Crippen LogP contribution in [0.3, 0.4) is 0 Å². The lowest BCUT2D eigenvalue weighted by Crippen LogP contribution is -2.06. The van der Waals surface area contributed by atoms with Crippen LogP contribution in [0.25, 0.3) is 0 Å². The van der Waals surface area contributed by atoms with Crippen molar-refractivity contribution in [3.05, 3.63) is 0 Å². The van der Waals surface area contributed by atoms with Crippen LogP contribution >= 0.6 is 21.8 Å². The van der Waals surface area contributed by atoms with Crippen LogP contribution in [-0.2, 0) is 0 Å². The van der Waals surface area contributed by atoms with E-state index in [1.165, 1.54) is 12.8 Å². The van der Waals surface area contributed by atoms with Gasteiger partial charge in [-0.2, -0.15) is 0 Å². The smallest absolute Gasteiger partial charge is 0.0993 e. The van der Waals surface area contributed by atoms with Crippen LogP contribution in [0, 0.1) is 0 Å². The van der Waals surface area contributed by atoms with Crippen LogP contribution in [0.4, 0.5) is 0 Å². The summed E-state index contributed by atoms with van der Waals surface area (Å²) < 4.78 is 0. The molecule has 0 aliphatic carbocycles. The third kappa shape index (κ3) is 3.89. The monoisotopic (exact) mass is 242 g/mol. The van der Waals surface area contributed by atoms with Crippen LogP contribution < -0.4 is 0 Å². The molecule has 0 radical (unpaired) electrons. The van der Waals surface area contributed by atoms with Gasteiger partial charge < -0.3 is 0 Å². The average molecular weight is 242 g/mol. The van der Waals surface area contributed by atoms with Gasteiger partial charge >= 0.3 is 0 Å². The normalized spacial score (nSPS) is 13.5. The van der Waals surface area contributed by atoms with Crippen molar-refractivity contribution in [2.24, 2.45) is 0 Å². The predicted octanol–water partition coefficient (Wildman–Crippen LogP) is 2.50. The zero-order valence-corrected chi connectivity index (χ0v) is 9.57. The Bertz CT molecular complexity index is 61.5. The van der Waals surface area contributed by atoms with E-state index >= 15 is 0 Å². The maximum Gasteiger partial charge on any atom is 0.0993 e. The van der Waals surface area contributed by atoms with E-state index in [9.17, 15) is 0 Å². The molecule has 0 atom stereocenters. The lowest BCUT2D eigenvalue weighted by Gasteiger charge is -2.18. The first kappa shape index (κ1) is 8.95. The van der Waals surface area contributed by atoms with Crippen molar-refractivity contribution in [1.29, 1.82) is 0 Å². The largest absolute Gasteiger partial charge is 0.127 e. The van der Waals surface area contributed by atoms with Crippen LogP contribution in [0.5, 0.6) is 0 Å². The molecular weight excluding hydrogens is 227 g/mol. The molecule has 0 N–H and O–H groups in total. The van der Waals surface area contributed by atoms with Gasteiger partial charge in [-0.15, -0.1) is 21.8 Å². The molecule has 0 aliphatic rings. The molecule has 0 amide bonds. The minimum absolute atomic E-state index is 0.201. The molecule has 0 nitrogen and oxygen atoms in total. The molecule has 0 spiro atoms. The quantitative estimate of drug-likeness (QED) is 0.405. The minimum Gasteiger partial charge on any atom is -0.127 e. The van der Waals surface area contributed by atoms with Gasteiger partial charge in [-0.3, -0.25) is 0 Å². The molecule has 0 heterocycles. The molecule has 0 aromatic heterocycles. The van der Waals surface area contributed by atoms with Crippen LogP contribution in [-0.4, -0.2) is 7.02 Å². The summed E-state index contributed by atoms with van der Waals surface area (Å²) >= 11 is 2.59. The third-order valence-corrected chi connectivity index (χ3v) is 8.56. The minimum atomic E-state index is 0.201. The van der Waals surface area contributed by atoms with E-state index in [0.717, 1.165) is 5.04 Å². The van der Waals surface area contributed by atoms with Gasteiger partial charge in [-0.05, 0) is 5.04 Å². The predicted molar refractivity (Wildman–Crippen MR) is 51.5 cm³/mol. The van der Waals surface area contributed by atoms with E-state index in [4.69, 9.17) is 0 Å². The van der Waals surface area contributed by atoms with E-state index in [1.807, 2.05) is 0 Å². The second kappa shape index (κ2) is 3.88. The van der Waals surface area contributed by atoms with Crippen molar-refractivity contribution < 1.29 is 0 Å². The number of rotatable bonds is 3. The maximum atomic E-state index is 2.59. The molecule has 0 aromatic rings. The van der Waals surface area contributed by atoms with E-state index in [0.29, 0.717) is 0 Å². The summed E-state index contributed by atoms with van der Waals surface area (Å²) in [5, 5.41) is 0.718. The molecular formula is C6H15ISi. The molecule has 50 valence electrons. The van der Waals surface area contributed by atoms with Crippen molar-refractivity contribution in [2.75, 3.05) is 0 Å². The van der Waals surface area contributed by atoms with Gasteiger partial charge in [0.2, 0.25) is 0 Å². The Morgan fingerprint density at radius 3 is 2.12 bits per heavy atom. The first-order valence-electron chi connectivity index (χ1n) is 3.18. The van der Waals surface area contributed by atoms with E-state index < -0.39 is 0 Å². The highest BCUT2D eigenvalue weighted by Crippen LogP contribution is 2.30. The number of hydrogen-bond acceptors (Lipinski definition) is 0. The van der Waals surface area contributed by atoms with Gasteiger partial charge in [0.25, 0.3) is 0 Å². The fourth-order valence-corrected chi connectivity index (χ4v) is 2.37. The van der Waals surface area contributed by atoms with Gasteiger partial charge in [-0.25, -0.2) is 0 Å². The first-order chi connectivity index (χ1) is 3.62. The summed E-state index contributed by atoms with van der Waals surface area (Å²) in [6.07, 6.45) is 2.77. The van der Waals surface area contributed by atoms with Crippen LogP contribution in [0.2, 0.25) is 5.04 Å². The zero-order valence-electron chi connectivity index (χ0n) is 6.00. The Balaban J connectivity index is 3.37. The van der Waals surface area contributed by atoms with E-state index in [-0.39, 0.29) is 7.02 Å². The Morgan fingerprint density at radius 1 is 1.50 bits per heavy atom. The van der Waals surface area contributed by atoms with Crippen molar-refractivity contribution in [3.63, 3.8) is 0 Å². The molecule has 0 bridgehead atoms. The van der Waals surface area contributed by atoms with Crippen LogP contribution in [0.1, 0.15) is 33.6 Å². The lowest BCUT2D eigenvalue weighted by atomic mass is 10.1. The second-order valence-corrected chi connectivity index (χ2v) is 7.52. The Morgan fingerprint density at radius 2 is 2.00 bits per heavy atom. The van der Waals surface area contributed by atoms with Gasteiger partial charge in [0.15, 0.2) is 0 Å². The van der Waals surface area contributed by atoms with E-state index in [1.54, 1.807) is 0 Å². The SMILES string of the molecule is CCCC(C)(C)[SiH2]I. The Kier molecular flexibility index (Phi) is 4.33. The molecule has 8 heavy (non-hydrogen) atoms. The van der Waals surface area contributed by atoms with Crippen molar-refractivity contribution in [2.45, 2.75) is 38.7 Å². The standard InChI is InChI=1S/C6H15ISi/c1-4-5-6(2,3)8-7/h4-5,8H2,1-3H3. The summed E-state index contributed by atoms with van der Waals surface area (Å²) in [7, 11) is 0.201. The van der Waals surface area contributed by atoms with Gasteiger partial charge in [0.1, 0.15) is 0 Å². The van der Waals surface area contributed by atoms with E-state index in [2.05, 4.69) is 42.6 Å². The molecule has 0 aromatic carbocycles. The number of halogens is 1. The molecule has 0 aliphatic heterocycles. The van der Waals surface area contributed by atoms with Crippen molar-refractivity contribution in [3.8, 4) is 0 Å². The van der Waals surface area contributed by atoms with Crippen LogP contribution in [0.15, 0.2) is 0 Å². The summed E-state index contributed by atoms with van der Waals surface area (Å²) in [5.41, 5.74) is 0. The summed E-state index contributed by atoms with van der Waals surface area (Å²) in [6, 6.07) is 0. The first-order valence-corrected chi connectivity index (χ1v) is 9.00. The molecule has 0 saturated carbocycles. The topological polar surface area (TPSA) is 0 Å². The molecule has 0 fully saturated rings. The highest BCUT2D eigenvalue weighted by Gasteiger charge is 2.13. The Hall–Kier alpha value is 0.947. The zero-order chi connectivity index (χ0) is 6.62. The molecule has 0 saturated heterocycles. The summed E-state index contributed by atoms with van der Waals surface area (Å²) in [4.78, 5) is 0. The lowest BCUT2D eigenvalue weighted by molar-refractivity contribution is 0.600. The maximum absolute atomic E-state index is 2.59. The average Bonchev–Trinajstić information content (AvgIpc) is 1.67. The third-order valence-electron chi connectivity index (χ3n) is 1.29. The molecule has 0 rings (SSSR count). The van der Waals surface area contributed by atoms with Crippen molar-refractivity contribution >= 4 is 28.8 Å². The highest BCUT2D eigenvalue weighted by atomic mass is 127. The van der Waals surface area contributed by atoms with Gasteiger partial charge in [0.05, 0.1) is 7.02 Å². The molecule has 2 heteroatoms.